The maximum absolute atomic E-state index is 13.6. The summed E-state index contributed by atoms with van der Waals surface area (Å²) < 4.78 is 39.6. The molecular weight excluding hydrogens is 323 g/mol. The average molecular weight is 331 g/mol. The van der Waals surface area contributed by atoms with Crippen molar-refractivity contribution in [3.8, 4) is 0 Å². The second kappa shape index (κ2) is 5.66. The molecule has 0 unspecified atom stereocenters. The molecule has 1 aromatic carbocycles. The third-order valence-electron chi connectivity index (χ3n) is 2.43. The number of benzene rings is 1. The van der Waals surface area contributed by atoms with Crippen LogP contribution < -0.4 is 4.72 Å². The summed E-state index contributed by atoms with van der Waals surface area (Å²) in [6.45, 7) is 0. The number of aromatic carboxylic acids is 1. The zero-order valence-corrected chi connectivity index (χ0v) is 11.8. The minimum atomic E-state index is -4.13. The number of pyridine rings is 1. The summed E-state index contributed by atoms with van der Waals surface area (Å²) in [6.07, 6.45) is 0.898. The van der Waals surface area contributed by atoms with E-state index >= 15 is 0 Å². The van der Waals surface area contributed by atoms with Gasteiger partial charge in [-0.3, -0.25) is 4.72 Å². The van der Waals surface area contributed by atoms with Gasteiger partial charge in [-0.25, -0.2) is 14.2 Å². The van der Waals surface area contributed by atoms with Crippen LogP contribution in [0, 0.1) is 5.82 Å². The number of hydrogen-bond acceptors (Lipinski definition) is 4. The molecule has 9 heteroatoms. The van der Waals surface area contributed by atoms with E-state index in [4.69, 9.17) is 16.7 Å². The SMILES string of the molecule is O=C(O)c1ccc(S(=O)(=O)Nc2ccc(Cl)cc2F)nc1. The fourth-order valence-corrected chi connectivity index (χ4v) is 2.59. The van der Waals surface area contributed by atoms with Crippen LogP contribution in [0.1, 0.15) is 10.4 Å². The van der Waals surface area contributed by atoms with Crippen LogP contribution in [0.4, 0.5) is 10.1 Å². The van der Waals surface area contributed by atoms with Gasteiger partial charge in [-0.1, -0.05) is 11.6 Å². The van der Waals surface area contributed by atoms with Crippen LogP contribution in [0.2, 0.25) is 5.02 Å². The van der Waals surface area contributed by atoms with Crippen molar-refractivity contribution in [3.05, 3.63) is 52.9 Å². The Hall–Kier alpha value is -2.19. The summed E-state index contributed by atoms with van der Waals surface area (Å²) in [4.78, 5) is 14.2. The number of sulfonamides is 1. The molecular formula is C12H8ClFN2O4S. The number of carboxylic acids is 1. The van der Waals surface area contributed by atoms with Gasteiger partial charge in [-0.2, -0.15) is 8.42 Å². The van der Waals surface area contributed by atoms with Gasteiger partial charge in [0.05, 0.1) is 11.3 Å². The smallest absolute Gasteiger partial charge is 0.337 e. The van der Waals surface area contributed by atoms with Gasteiger partial charge < -0.3 is 5.11 Å². The summed E-state index contributed by atoms with van der Waals surface area (Å²) in [5, 5.41) is 8.40. The lowest BCUT2D eigenvalue weighted by Crippen LogP contribution is -2.15. The second-order valence-electron chi connectivity index (χ2n) is 3.92. The Morgan fingerprint density at radius 1 is 1.29 bits per heavy atom. The van der Waals surface area contributed by atoms with E-state index < -0.39 is 26.8 Å². The number of rotatable bonds is 4. The summed E-state index contributed by atoms with van der Waals surface area (Å²) in [5.74, 6) is -2.07. The van der Waals surface area contributed by atoms with Crippen molar-refractivity contribution >= 4 is 33.3 Å². The predicted octanol–water partition coefficient (Wildman–Crippen LogP) is 2.37. The average Bonchev–Trinajstić information content (AvgIpc) is 2.42. The molecule has 0 amide bonds. The van der Waals surface area contributed by atoms with E-state index in [0.717, 1.165) is 24.4 Å². The number of aromatic nitrogens is 1. The largest absolute Gasteiger partial charge is 0.478 e. The Morgan fingerprint density at radius 2 is 2.00 bits per heavy atom. The Balaban J connectivity index is 2.31. The Bertz CT molecular complexity index is 793. The molecule has 0 aliphatic heterocycles. The van der Waals surface area contributed by atoms with E-state index in [1.807, 2.05) is 4.72 Å². The molecule has 0 saturated carbocycles. The highest BCUT2D eigenvalue weighted by Gasteiger charge is 2.18. The molecule has 110 valence electrons. The van der Waals surface area contributed by atoms with Gasteiger partial charge in [0, 0.05) is 11.2 Å². The van der Waals surface area contributed by atoms with E-state index in [1.165, 1.54) is 12.1 Å². The molecule has 2 rings (SSSR count). The molecule has 6 nitrogen and oxygen atoms in total. The van der Waals surface area contributed by atoms with Gasteiger partial charge in [0.1, 0.15) is 5.82 Å². The van der Waals surface area contributed by atoms with Crippen molar-refractivity contribution < 1.29 is 22.7 Å². The first-order valence-corrected chi connectivity index (χ1v) is 7.33. The number of anilines is 1. The first kappa shape index (κ1) is 15.2. The maximum atomic E-state index is 13.6. The zero-order chi connectivity index (χ0) is 15.6. The van der Waals surface area contributed by atoms with Crippen LogP contribution in [-0.4, -0.2) is 24.5 Å². The van der Waals surface area contributed by atoms with E-state index in [2.05, 4.69) is 4.98 Å². The third-order valence-corrected chi connectivity index (χ3v) is 3.95. The number of hydrogen-bond donors (Lipinski definition) is 2. The molecule has 0 fully saturated rings. The quantitative estimate of drug-likeness (QED) is 0.897. The topological polar surface area (TPSA) is 96.4 Å². The monoisotopic (exact) mass is 330 g/mol. The Kier molecular flexibility index (Phi) is 4.10. The van der Waals surface area contributed by atoms with Gasteiger partial charge in [-0.15, -0.1) is 0 Å². The summed E-state index contributed by atoms with van der Waals surface area (Å²) in [7, 11) is -4.13. The van der Waals surface area contributed by atoms with Crippen LogP contribution in [0.5, 0.6) is 0 Å². The van der Waals surface area contributed by atoms with E-state index in [0.29, 0.717) is 0 Å². The molecule has 1 heterocycles. The van der Waals surface area contributed by atoms with E-state index in [9.17, 15) is 17.6 Å². The standard InChI is InChI=1S/C12H8ClFN2O4S/c13-8-2-3-10(9(14)5-8)16-21(19,20)11-4-1-7(6-15-11)12(17)18/h1-6,16H,(H,17,18). The number of nitrogens with one attached hydrogen (secondary N) is 1. The molecule has 0 aliphatic carbocycles. The Labute approximate surface area is 124 Å². The van der Waals surface area contributed by atoms with Crippen LogP contribution in [0.3, 0.4) is 0 Å². The highest BCUT2D eigenvalue weighted by Crippen LogP contribution is 2.21. The molecule has 0 atom stereocenters. The van der Waals surface area contributed by atoms with Crippen molar-refractivity contribution in [1.82, 2.24) is 4.98 Å². The van der Waals surface area contributed by atoms with Crippen LogP contribution in [0.15, 0.2) is 41.6 Å². The van der Waals surface area contributed by atoms with E-state index in [-0.39, 0.29) is 16.3 Å². The highest BCUT2D eigenvalue weighted by atomic mass is 35.5. The predicted molar refractivity (Wildman–Crippen MR) is 73.4 cm³/mol. The van der Waals surface area contributed by atoms with Crippen molar-refractivity contribution in [2.45, 2.75) is 5.03 Å². The third kappa shape index (κ3) is 3.47. The lowest BCUT2D eigenvalue weighted by Gasteiger charge is -2.08. The lowest BCUT2D eigenvalue weighted by atomic mass is 10.3. The number of carboxylic acid groups (broad SMARTS) is 1. The minimum Gasteiger partial charge on any atom is -0.478 e. The van der Waals surface area contributed by atoms with Crippen LogP contribution >= 0.6 is 11.6 Å². The fourth-order valence-electron chi connectivity index (χ4n) is 1.44. The van der Waals surface area contributed by atoms with Gasteiger partial charge >= 0.3 is 5.97 Å². The number of nitrogens with zero attached hydrogens (tertiary/aromatic N) is 1. The van der Waals surface area contributed by atoms with Crippen molar-refractivity contribution in [1.29, 1.82) is 0 Å². The van der Waals surface area contributed by atoms with Gasteiger partial charge in [0.2, 0.25) is 0 Å². The van der Waals surface area contributed by atoms with Crippen molar-refractivity contribution in [2.75, 3.05) is 4.72 Å². The minimum absolute atomic E-state index is 0.124. The first-order chi connectivity index (χ1) is 9.79. The molecule has 0 aliphatic rings. The Morgan fingerprint density at radius 3 is 2.52 bits per heavy atom. The van der Waals surface area contributed by atoms with Gasteiger partial charge in [-0.05, 0) is 30.3 Å². The number of carbonyl (C=O) groups is 1. The second-order valence-corrected chi connectivity index (χ2v) is 5.99. The highest BCUT2D eigenvalue weighted by molar-refractivity contribution is 7.92. The first-order valence-electron chi connectivity index (χ1n) is 5.47. The van der Waals surface area contributed by atoms with Crippen molar-refractivity contribution in [3.63, 3.8) is 0 Å². The molecule has 0 spiro atoms. The molecule has 1 aromatic heterocycles. The molecule has 0 radical (unpaired) electrons. The molecule has 0 bridgehead atoms. The van der Waals surface area contributed by atoms with Crippen molar-refractivity contribution in [2.24, 2.45) is 0 Å². The summed E-state index contributed by atoms with van der Waals surface area (Å²) >= 11 is 5.57. The summed E-state index contributed by atoms with van der Waals surface area (Å²) in [6, 6.07) is 5.55. The van der Waals surface area contributed by atoms with E-state index in [1.54, 1.807) is 0 Å². The zero-order valence-electron chi connectivity index (χ0n) is 10.2. The molecule has 2 N–H and O–H groups in total. The van der Waals surface area contributed by atoms with Gasteiger partial charge in [0.25, 0.3) is 10.0 Å². The number of halogens is 2. The maximum Gasteiger partial charge on any atom is 0.337 e. The van der Waals surface area contributed by atoms with Gasteiger partial charge in [0.15, 0.2) is 5.03 Å². The summed E-state index contributed by atoms with van der Waals surface area (Å²) in [5.41, 5.74) is -0.449. The normalized spacial score (nSPS) is 11.1. The molecule has 2 aromatic rings. The molecule has 0 saturated heterocycles. The van der Waals surface area contributed by atoms with Crippen LogP contribution in [0.25, 0.3) is 0 Å². The van der Waals surface area contributed by atoms with Crippen LogP contribution in [-0.2, 0) is 10.0 Å². The fraction of sp³-hybridized carbons (Fsp3) is 0. The lowest BCUT2D eigenvalue weighted by molar-refractivity contribution is 0.0696. The molecule has 21 heavy (non-hydrogen) atoms.